The molecule has 0 aromatic heterocycles. The van der Waals surface area contributed by atoms with Crippen molar-refractivity contribution < 1.29 is 0 Å². The van der Waals surface area contributed by atoms with Crippen molar-refractivity contribution in [3.8, 4) is 0 Å². The van der Waals surface area contributed by atoms with Gasteiger partial charge in [-0.05, 0) is 62.4 Å². The summed E-state index contributed by atoms with van der Waals surface area (Å²) in [4.78, 5) is 0. The van der Waals surface area contributed by atoms with Gasteiger partial charge in [0.05, 0.1) is 0 Å². The van der Waals surface area contributed by atoms with Gasteiger partial charge in [-0.15, -0.1) is 0 Å². The van der Waals surface area contributed by atoms with E-state index in [9.17, 15) is 0 Å². The lowest BCUT2D eigenvalue weighted by Gasteiger charge is -2.16. The van der Waals surface area contributed by atoms with Crippen molar-refractivity contribution in [2.45, 2.75) is 31.6 Å². The number of halogens is 1. The molecule has 4 N–H and O–H groups in total. The van der Waals surface area contributed by atoms with Crippen molar-refractivity contribution in [3.63, 3.8) is 0 Å². The molecule has 0 amide bonds. The Labute approximate surface area is 103 Å². The molecule has 0 heterocycles. The molecule has 0 saturated heterocycles. The molecular weight excluding hydrogens is 220 g/mol. The highest BCUT2D eigenvalue weighted by atomic mass is 35.5. The third-order valence-corrected chi connectivity index (χ3v) is 3.11. The van der Waals surface area contributed by atoms with Gasteiger partial charge in [0.2, 0.25) is 0 Å². The van der Waals surface area contributed by atoms with E-state index in [1.807, 2.05) is 12.1 Å². The minimum atomic E-state index is 0.573. The molecule has 0 spiro atoms. The van der Waals surface area contributed by atoms with Crippen LogP contribution in [0.25, 0.3) is 0 Å². The highest BCUT2D eigenvalue weighted by Crippen LogP contribution is 2.26. The first-order valence-electron chi connectivity index (χ1n) is 5.93. The summed E-state index contributed by atoms with van der Waals surface area (Å²) in [5.41, 5.74) is 12.5. The second-order valence-electron chi connectivity index (χ2n) is 4.11. The summed E-state index contributed by atoms with van der Waals surface area (Å²) in [5, 5.41) is 0.792. The van der Waals surface area contributed by atoms with Gasteiger partial charge in [-0.3, -0.25) is 0 Å². The van der Waals surface area contributed by atoms with E-state index in [4.69, 9.17) is 23.1 Å². The van der Waals surface area contributed by atoms with Crippen molar-refractivity contribution in [1.29, 1.82) is 0 Å². The van der Waals surface area contributed by atoms with E-state index in [2.05, 4.69) is 12.1 Å². The second kappa shape index (κ2) is 7.66. The molecule has 0 saturated carbocycles. The monoisotopic (exact) mass is 240 g/mol. The molecule has 2 nitrogen and oxygen atoms in total. The van der Waals surface area contributed by atoms with Gasteiger partial charge in [0.1, 0.15) is 0 Å². The van der Waals surface area contributed by atoms with Gasteiger partial charge in [0.25, 0.3) is 0 Å². The Hall–Kier alpha value is -0.570. The summed E-state index contributed by atoms with van der Waals surface area (Å²) >= 11 is 5.89. The van der Waals surface area contributed by atoms with Gasteiger partial charge in [0.15, 0.2) is 0 Å². The smallest absolute Gasteiger partial charge is 0.0406 e. The molecule has 1 aromatic carbocycles. The third kappa shape index (κ3) is 4.52. The Morgan fingerprint density at radius 3 is 1.88 bits per heavy atom. The van der Waals surface area contributed by atoms with Crippen molar-refractivity contribution in [1.82, 2.24) is 0 Å². The summed E-state index contributed by atoms with van der Waals surface area (Å²) in [6.45, 7) is 1.51. The average Bonchev–Trinajstić information content (AvgIpc) is 2.31. The number of nitrogens with two attached hydrogens (primary N) is 2. The molecule has 0 aliphatic carbocycles. The lowest BCUT2D eigenvalue weighted by Crippen LogP contribution is -2.07. The third-order valence-electron chi connectivity index (χ3n) is 2.85. The van der Waals surface area contributed by atoms with E-state index in [0.29, 0.717) is 5.92 Å². The van der Waals surface area contributed by atoms with Gasteiger partial charge >= 0.3 is 0 Å². The van der Waals surface area contributed by atoms with E-state index in [0.717, 1.165) is 43.8 Å². The molecule has 0 aliphatic heterocycles. The topological polar surface area (TPSA) is 52.0 Å². The molecule has 90 valence electrons. The van der Waals surface area contributed by atoms with Crippen LogP contribution in [0.2, 0.25) is 5.02 Å². The summed E-state index contributed by atoms with van der Waals surface area (Å²) < 4.78 is 0. The first kappa shape index (κ1) is 13.5. The van der Waals surface area contributed by atoms with Crippen molar-refractivity contribution >= 4 is 11.6 Å². The lowest BCUT2D eigenvalue weighted by atomic mass is 9.90. The van der Waals surface area contributed by atoms with E-state index in [1.54, 1.807) is 0 Å². The quantitative estimate of drug-likeness (QED) is 0.770. The van der Waals surface area contributed by atoms with E-state index < -0.39 is 0 Å². The molecule has 16 heavy (non-hydrogen) atoms. The van der Waals surface area contributed by atoms with Gasteiger partial charge in [-0.1, -0.05) is 23.7 Å². The van der Waals surface area contributed by atoms with E-state index in [-0.39, 0.29) is 0 Å². The molecule has 1 rings (SSSR count). The SMILES string of the molecule is NCCCC(CCCN)c1ccc(Cl)cc1. The molecule has 0 atom stereocenters. The van der Waals surface area contributed by atoms with Crippen LogP contribution in [0.1, 0.15) is 37.2 Å². The summed E-state index contributed by atoms with van der Waals surface area (Å²) in [7, 11) is 0. The number of benzene rings is 1. The van der Waals surface area contributed by atoms with E-state index >= 15 is 0 Å². The number of rotatable bonds is 7. The zero-order valence-electron chi connectivity index (χ0n) is 9.66. The molecule has 0 fully saturated rings. The summed E-state index contributed by atoms with van der Waals surface area (Å²) in [6, 6.07) is 8.13. The minimum absolute atomic E-state index is 0.573. The normalized spacial score (nSPS) is 11.0. The van der Waals surface area contributed by atoms with Crippen molar-refractivity contribution in [3.05, 3.63) is 34.9 Å². The maximum Gasteiger partial charge on any atom is 0.0406 e. The molecule has 1 aromatic rings. The average molecular weight is 241 g/mol. The van der Waals surface area contributed by atoms with E-state index in [1.165, 1.54) is 5.56 Å². The van der Waals surface area contributed by atoms with Crippen LogP contribution in [0, 0.1) is 0 Å². The first-order valence-corrected chi connectivity index (χ1v) is 6.31. The first-order chi connectivity index (χ1) is 7.77. The summed E-state index contributed by atoms with van der Waals surface area (Å²) in [6.07, 6.45) is 4.41. The Bertz CT molecular complexity index is 276. The van der Waals surface area contributed by atoms with Crippen LogP contribution in [-0.4, -0.2) is 13.1 Å². The Balaban J connectivity index is 2.62. The largest absolute Gasteiger partial charge is 0.330 e. The molecule has 0 aliphatic rings. The molecule has 0 bridgehead atoms. The summed E-state index contributed by atoms with van der Waals surface area (Å²) in [5.74, 6) is 0.573. The van der Waals surface area contributed by atoms with Crippen LogP contribution in [0.5, 0.6) is 0 Å². The fourth-order valence-electron chi connectivity index (χ4n) is 1.94. The zero-order valence-corrected chi connectivity index (χ0v) is 10.4. The molecule has 0 radical (unpaired) electrons. The van der Waals surface area contributed by atoms with Gasteiger partial charge in [-0.2, -0.15) is 0 Å². The number of hydrogen-bond donors (Lipinski definition) is 2. The molecular formula is C13H21ClN2. The van der Waals surface area contributed by atoms with Gasteiger partial charge < -0.3 is 11.5 Å². The van der Waals surface area contributed by atoms with Gasteiger partial charge in [-0.25, -0.2) is 0 Å². The fraction of sp³-hybridized carbons (Fsp3) is 0.538. The van der Waals surface area contributed by atoms with Crippen molar-refractivity contribution in [2.75, 3.05) is 13.1 Å². The minimum Gasteiger partial charge on any atom is -0.330 e. The highest BCUT2D eigenvalue weighted by Gasteiger charge is 2.10. The Kier molecular flexibility index (Phi) is 6.46. The van der Waals surface area contributed by atoms with Crippen LogP contribution in [0.3, 0.4) is 0 Å². The van der Waals surface area contributed by atoms with Crippen LogP contribution in [0.4, 0.5) is 0 Å². The highest BCUT2D eigenvalue weighted by molar-refractivity contribution is 6.30. The zero-order chi connectivity index (χ0) is 11.8. The predicted octanol–water partition coefficient (Wildman–Crippen LogP) is 2.90. The molecule has 3 heteroatoms. The maximum atomic E-state index is 5.89. The fourth-order valence-corrected chi connectivity index (χ4v) is 2.07. The van der Waals surface area contributed by atoms with Gasteiger partial charge in [0, 0.05) is 5.02 Å². The maximum absolute atomic E-state index is 5.89. The predicted molar refractivity (Wildman–Crippen MR) is 70.8 cm³/mol. The standard InChI is InChI=1S/C13H21ClN2/c14-13-7-5-12(6-8-13)11(3-1-9-15)4-2-10-16/h5-8,11H,1-4,9-10,15-16H2. The van der Waals surface area contributed by atoms with Crippen LogP contribution >= 0.6 is 11.6 Å². The Morgan fingerprint density at radius 1 is 0.938 bits per heavy atom. The van der Waals surface area contributed by atoms with Crippen molar-refractivity contribution in [2.24, 2.45) is 11.5 Å². The lowest BCUT2D eigenvalue weighted by molar-refractivity contribution is 0.540. The van der Waals surface area contributed by atoms with Crippen LogP contribution in [0.15, 0.2) is 24.3 Å². The Morgan fingerprint density at radius 2 is 1.44 bits per heavy atom. The molecule has 0 unspecified atom stereocenters. The van der Waals surface area contributed by atoms with Crippen LogP contribution < -0.4 is 11.5 Å². The number of hydrogen-bond acceptors (Lipinski definition) is 2. The van der Waals surface area contributed by atoms with Crippen LogP contribution in [-0.2, 0) is 0 Å². The second-order valence-corrected chi connectivity index (χ2v) is 4.55.